The number of amides is 3. The summed E-state index contributed by atoms with van der Waals surface area (Å²) in [6.45, 7) is 10.4. The highest BCUT2D eigenvalue weighted by Gasteiger charge is 2.25. The van der Waals surface area contributed by atoms with E-state index >= 15 is 0 Å². The minimum Gasteiger partial charge on any atom is -0.497 e. The molecule has 8 heteroatoms. The van der Waals surface area contributed by atoms with Crippen molar-refractivity contribution in [2.45, 2.75) is 32.8 Å². The number of methoxy groups -OCH3 is 1. The number of ether oxygens (including phenoxy) is 2. The lowest BCUT2D eigenvalue weighted by molar-refractivity contribution is 0.0147. The van der Waals surface area contributed by atoms with Crippen molar-refractivity contribution in [3.63, 3.8) is 0 Å². The third-order valence-corrected chi connectivity index (χ3v) is 4.60. The second-order valence-corrected chi connectivity index (χ2v) is 8.09. The van der Waals surface area contributed by atoms with Crippen LogP contribution in [0, 0.1) is 0 Å². The van der Waals surface area contributed by atoms with E-state index in [1.807, 2.05) is 45.0 Å². The molecule has 0 unspecified atom stereocenters. The molecule has 0 aliphatic carbocycles. The summed E-state index contributed by atoms with van der Waals surface area (Å²) in [5, 5.41) is 5.75. The van der Waals surface area contributed by atoms with E-state index in [0.717, 1.165) is 37.4 Å². The maximum Gasteiger partial charge on any atom is 0.410 e. The van der Waals surface area contributed by atoms with Crippen molar-refractivity contribution in [1.82, 2.24) is 20.4 Å². The maximum absolute atomic E-state index is 12.1. The van der Waals surface area contributed by atoms with E-state index in [1.54, 1.807) is 12.0 Å². The summed E-state index contributed by atoms with van der Waals surface area (Å²) in [6, 6.07) is 7.66. The van der Waals surface area contributed by atoms with E-state index in [9.17, 15) is 9.59 Å². The van der Waals surface area contributed by atoms with Gasteiger partial charge in [-0.15, -0.1) is 0 Å². The average Bonchev–Trinajstić information content (AvgIpc) is 2.68. The van der Waals surface area contributed by atoms with Gasteiger partial charge in [-0.3, -0.25) is 4.90 Å². The monoisotopic (exact) mass is 406 g/mol. The van der Waals surface area contributed by atoms with Crippen molar-refractivity contribution >= 4 is 12.1 Å². The van der Waals surface area contributed by atoms with Crippen LogP contribution in [0.2, 0.25) is 0 Å². The van der Waals surface area contributed by atoms with Crippen LogP contribution in [-0.4, -0.2) is 80.4 Å². The van der Waals surface area contributed by atoms with Gasteiger partial charge in [0.1, 0.15) is 11.4 Å². The summed E-state index contributed by atoms with van der Waals surface area (Å²) in [7, 11) is 1.64. The Bertz CT molecular complexity index is 650. The van der Waals surface area contributed by atoms with Gasteiger partial charge >= 0.3 is 12.1 Å². The number of benzene rings is 1. The highest BCUT2D eigenvalue weighted by molar-refractivity contribution is 5.73. The van der Waals surface area contributed by atoms with Crippen molar-refractivity contribution in [3.8, 4) is 5.75 Å². The number of nitrogens with zero attached hydrogens (tertiary/aromatic N) is 2. The summed E-state index contributed by atoms with van der Waals surface area (Å²) in [4.78, 5) is 28.0. The number of nitrogens with one attached hydrogen (secondary N) is 2. The lowest BCUT2D eigenvalue weighted by atomic mass is 10.1. The number of piperazine rings is 1. The van der Waals surface area contributed by atoms with Crippen molar-refractivity contribution < 1.29 is 19.1 Å². The molecule has 0 aromatic heterocycles. The molecule has 0 spiro atoms. The van der Waals surface area contributed by atoms with Crippen LogP contribution in [0.4, 0.5) is 9.59 Å². The van der Waals surface area contributed by atoms with Gasteiger partial charge < -0.3 is 25.0 Å². The van der Waals surface area contributed by atoms with Crippen molar-refractivity contribution in [1.29, 1.82) is 0 Å². The molecule has 162 valence electrons. The second kappa shape index (κ2) is 10.9. The number of hydrogen-bond donors (Lipinski definition) is 2. The van der Waals surface area contributed by atoms with E-state index in [1.165, 1.54) is 0 Å². The third-order valence-electron chi connectivity index (χ3n) is 4.60. The number of carbonyl (C=O) groups excluding carboxylic acids is 2. The predicted octanol–water partition coefficient (Wildman–Crippen LogP) is 2.09. The third kappa shape index (κ3) is 8.60. The smallest absolute Gasteiger partial charge is 0.410 e. The molecule has 2 N–H and O–H groups in total. The van der Waals surface area contributed by atoms with Gasteiger partial charge in [-0.1, -0.05) is 12.1 Å². The Morgan fingerprint density at radius 1 is 1.00 bits per heavy atom. The van der Waals surface area contributed by atoms with Gasteiger partial charge in [0, 0.05) is 45.8 Å². The van der Waals surface area contributed by atoms with Crippen LogP contribution in [0.1, 0.15) is 26.3 Å². The lowest BCUT2D eigenvalue weighted by Crippen LogP contribution is -2.51. The lowest BCUT2D eigenvalue weighted by Gasteiger charge is -2.35. The Morgan fingerprint density at radius 2 is 1.62 bits per heavy atom. The molecule has 1 heterocycles. The molecule has 0 bridgehead atoms. The largest absolute Gasteiger partial charge is 0.497 e. The Hall–Kier alpha value is -2.48. The molecule has 1 aromatic rings. The normalized spacial score (nSPS) is 15.0. The molecular formula is C21H34N4O4. The molecule has 1 saturated heterocycles. The highest BCUT2D eigenvalue weighted by atomic mass is 16.6. The molecule has 1 aliphatic heterocycles. The molecule has 1 aliphatic rings. The van der Waals surface area contributed by atoms with Crippen LogP contribution in [0.3, 0.4) is 0 Å². The maximum atomic E-state index is 12.1. The van der Waals surface area contributed by atoms with Gasteiger partial charge in [0.2, 0.25) is 0 Å². The first-order valence-electron chi connectivity index (χ1n) is 10.1. The average molecular weight is 407 g/mol. The Kier molecular flexibility index (Phi) is 8.57. The zero-order chi connectivity index (χ0) is 21.3. The Labute approximate surface area is 173 Å². The number of carbonyl (C=O) groups is 2. The van der Waals surface area contributed by atoms with E-state index < -0.39 is 5.60 Å². The topological polar surface area (TPSA) is 83.1 Å². The molecule has 3 amide bonds. The fourth-order valence-electron chi connectivity index (χ4n) is 2.98. The van der Waals surface area contributed by atoms with Gasteiger partial charge in [0.15, 0.2) is 0 Å². The minimum absolute atomic E-state index is 0.161. The molecule has 0 saturated carbocycles. The molecule has 1 fully saturated rings. The summed E-state index contributed by atoms with van der Waals surface area (Å²) in [6.07, 6.45) is 0.510. The van der Waals surface area contributed by atoms with Crippen molar-refractivity contribution in [2.75, 3.05) is 52.9 Å². The predicted molar refractivity (Wildman–Crippen MR) is 112 cm³/mol. The quantitative estimate of drug-likeness (QED) is 0.725. The fourth-order valence-corrected chi connectivity index (χ4v) is 2.98. The zero-order valence-corrected chi connectivity index (χ0v) is 18.0. The van der Waals surface area contributed by atoms with E-state index in [2.05, 4.69) is 15.5 Å². The van der Waals surface area contributed by atoms with Gasteiger partial charge in [0.25, 0.3) is 0 Å². The highest BCUT2D eigenvalue weighted by Crippen LogP contribution is 2.12. The summed E-state index contributed by atoms with van der Waals surface area (Å²) in [5.41, 5.74) is 0.674. The van der Waals surface area contributed by atoms with E-state index in [-0.39, 0.29) is 12.1 Å². The first-order chi connectivity index (χ1) is 13.8. The Balaban J connectivity index is 1.55. The molecule has 0 atom stereocenters. The number of hydrogen-bond acceptors (Lipinski definition) is 5. The van der Waals surface area contributed by atoms with Crippen molar-refractivity contribution in [3.05, 3.63) is 29.8 Å². The first-order valence-corrected chi connectivity index (χ1v) is 10.1. The van der Waals surface area contributed by atoms with Crippen LogP contribution >= 0.6 is 0 Å². The van der Waals surface area contributed by atoms with Gasteiger partial charge in [-0.2, -0.15) is 0 Å². The fraction of sp³-hybridized carbons (Fsp3) is 0.619. The van der Waals surface area contributed by atoms with Gasteiger partial charge in [-0.25, -0.2) is 9.59 Å². The SMILES string of the molecule is COc1ccc(CCNC(=O)NCCN2CCN(C(=O)OC(C)(C)C)CC2)cc1. The van der Waals surface area contributed by atoms with Crippen LogP contribution in [-0.2, 0) is 11.2 Å². The van der Waals surface area contributed by atoms with E-state index in [0.29, 0.717) is 26.2 Å². The molecular weight excluding hydrogens is 372 g/mol. The second-order valence-electron chi connectivity index (χ2n) is 8.09. The van der Waals surface area contributed by atoms with Crippen LogP contribution in [0.5, 0.6) is 5.75 Å². The first kappa shape index (κ1) is 22.8. The summed E-state index contributed by atoms with van der Waals surface area (Å²) in [5.74, 6) is 0.825. The van der Waals surface area contributed by atoms with Crippen LogP contribution in [0.15, 0.2) is 24.3 Å². The molecule has 2 rings (SSSR count). The molecule has 8 nitrogen and oxygen atoms in total. The minimum atomic E-state index is -0.473. The number of rotatable bonds is 7. The van der Waals surface area contributed by atoms with Crippen molar-refractivity contribution in [2.24, 2.45) is 0 Å². The van der Waals surface area contributed by atoms with Gasteiger partial charge in [-0.05, 0) is 44.9 Å². The van der Waals surface area contributed by atoms with E-state index in [4.69, 9.17) is 9.47 Å². The van der Waals surface area contributed by atoms with Crippen LogP contribution in [0.25, 0.3) is 0 Å². The molecule has 0 radical (unpaired) electrons. The zero-order valence-electron chi connectivity index (χ0n) is 18.0. The van der Waals surface area contributed by atoms with Gasteiger partial charge in [0.05, 0.1) is 7.11 Å². The summed E-state index contributed by atoms with van der Waals surface area (Å²) < 4.78 is 10.5. The van der Waals surface area contributed by atoms with Crippen LogP contribution < -0.4 is 15.4 Å². The Morgan fingerprint density at radius 3 is 2.21 bits per heavy atom. The standard InChI is InChI=1S/C21H34N4O4/c1-21(2,3)29-20(27)25-15-13-24(14-16-25)12-11-23-19(26)22-10-9-17-5-7-18(28-4)8-6-17/h5-8H,9-16H2,1-4H3,(H2,22,23,26). The number of urea groups is 1. The molecule has 1 aromatic carbocycles. The molecule has 29 heavy (non-hydrogen) atoms. The summed E-state index contributed by atoms with van der Waals surface area (Å²) >= 11 is 0.